The van der Waals surface area contributed by atoms with Crippen molar-refractivity contribution in [2.75, 3.05) is 33.3 Å². The summed E-state index contributed by atoms with van der Waals surface area (Å²) in [5.41, 5.74) is 0. The summed E-state index contributed by atoms with van der Waals surface area (Å²) in [6.45, 7) is 1.71. The summed E-state index contributed by atoms with van der Waals surface area (Å²) in [7, 11) is -2.29. The fourth-order valence-electron chi connectivity index (χ4n) is 3.09. The van der Waals surface area contributed by atoms with Crippen molar-refractivity contribution >= 4 is 10.0 Å². The lowest BCUT2D eigenvalue weighted by Crippen LogP contribution is -2.59. The number of rotatable bonds is 2. The van der Waals surface area contributed by atoms with Gasteiger partial charge < -0.3 is 4.74 Å². The minimum atomic E-state index is -4.20. The molecule has 0 amide bonds. The molecule has 22 heavy (non-hydrogen) atoms. The Morgan fingerprint density at radius 3 is 2.59 bits per heavy atom. The van der Waals surface area contributed by atoms with Crippen molar-refractivity contribution in [1.82, 2.24) is 9.21 Å². The van der Waals surface area contributed by atoms with Crippen LogP contribution in [0.25, 0.3) is 0 Å². The summed E-state index contributed by atoms with van der Waals surface area (Å²) in [6, 6.07) is 2.97. The molecular weight excluding hydrogens is 314 g/mol. The van der Waals surface area contributed by atoms with Crippen molar-refractivity contribution in [3.8, 4) is 0 Å². The zero-order chi connectivity index (χ0) is 15.9. The van der Waals surface area contributed by atoms with Crippen LogP contribution in [0.15, 0.2) is 23.1 Å². The quantitative estimate of drug-likeness (QED) is 0.813. The molecule has 0 bridgehead atoms. The summed E-state index contributed by atoms with van der Waals surface area (Å²) >= 11 is 0. The molecule has 0 saturated carbocycles. The molecule has 2 saturated heterocycles. The van der Waals surface area contributed by atoms with Crippen molar-refractivity contribution in [2.24, 2.45) is 0 Å². The molecule has 2 atom stereocenters. The molecule has 2 aliphatic rings. The molecule has 0 N–H and O–H groups in total. The third-order valence-electron chi connectivity index (χ3n) is 4.34. The second-order valence-corrected chi connectivity index (χ2v) is 7.53. The minimum Gasteiger partial charge on any atom is -0.375 e. The Kier molecular flexibility index (Phi) is 4.19. The van der Waals surface area contributed by atoms with Crippen LogP contribution in [0.1, 0.15) is 6.42 Å². The van der Waals surface area contributed by atoms with Crippen LogP contribution in [0.4, 0.5) is 8.78 Å². The van der Waals surface area contributed by atoms with E-state index in [0.717, 1.165) is 22.5 Å². The Morgan fingerprint density at radius 2 is 1.91 bits per heavy atom. The number of fused-ring (bicyclic) bond motifs is 1. The maximum absolute atomic E-state index is 13.8. The van der Waals surface area contributed by atoms with Gasteiger partial charge in [0, 0.05) is 25.7 Å². The van der Waals surface area contributed by atoms with E-state index in [-0.39, 0.29) is 25.2 Å². The standard InChI is InChI=1S/C14H18F2N2O3S/c1-17-7-8-21-13-5-6-18(9-12(13)17)22(19,20)14-10(15)3-2-4-11(14)16/h2-4,12-13H,5-9H2,1H3. The first-order valence-corrected chi connectivity index (χ1v) is 8.61. The second-order valence-electron chi connectivity index (χ2n) is 5.66. The summed E-state index contributed by atoms with van der Waals surface area (Å²) in [5, 5.41) is 0. The highest BCUT2D eigenvalue weighted by atomic mass is 32.2. The highest BCUT2D eigenvalue weighted by Gasteiger charge is 2.41. The van der Waals surface area contributed by atoms with E-state index in [4.69, 9.17) is 4.74 Å². The van der Waals surface area contributed by atoms with E-state index < -0.39 is 26.6 Å². The highest BCUT2D eigenvalue weighted by molar-refractivity contribution is 7.89. The number of likely N-dealkylation sites (N-methyl/N-ethyl adjacent to an activating group) is 1. The fraction of sp³-hybridized carbons (Fsp3) is 0.571. The van der Waals surface area contributed by atoms with E-state index in [2.05, 4.69) is 0 Å². The Bertz CT molecular complexity index is 648. The first-order valence-electron chi connectivity index (χ1n) is 7.17. The number of benzene rings is 1. The third kappa shape index (κ3) is 2.64. The fourth-order valence-corrected chi connectivity index (χ4v) is 4.67. The number of piperidine rings is 1. The van der Waals surface area contributed by atoms with Crippen molar-refractivity contribution in [3.63, 3.8) is 0 Å². The number of ether oxygens (including phenoxy) is 1. The number of hydrogen-bond acceptors (Lipinski definition) is 4. The van der Waals surface area contributed by atoms with Crippen molar-refractivity contribution in [3.05, 3.63) is 29.8 Å². The predicted molar refractivity (Wildman–Crippen MR) is 75.9 cm³/mol. The lowest BCUT2D eigenvalue weighted by molar-refractivity contribution is -0.0840. The molecule has 5 nitrogen and oxygen atoms in total. The Hall–Kier alpha value is -1.09. The number of nitrogens with zero attached hydrogens (tertiary/aromatic N) is 2. The van der Waals surface area contributed by atoms with Crippen molar-refractivity contribution in [2.45, 2.75) is 23.5 Å². The van der Waals surface area contributed by atoms with Gasteiger partial charge in [0.25, 0.3) is 0 Å². The molecule has 2 aliphatic heterocycles. The van der Waals surface area contributed by atoms with E-state index in [1.54, 1.807) is 0 Å². The molecule has 1 aromatic rings. The van der Waals surface area contributed by atoms with Crippen LogP contribution >= 0.6 is 0 Å². The zero-order valence-electron chi connectivity index (χ0n) is 12.2. The molecule has 8 heteroatoms. The van der Waals surface area contributed by atoms with Gasteiger partial charge in [-0.25, -0.2) is 17.2 Å². The normalized spacial score (nSPS) is 27.6. The maximum Gasteiger partial charge on any atom is 0.248 e. The van der Waals surface area contributed by atoms with Gasteiger partial charge in [-0.05, 0) is 25.6 Å². The summed E-state index contributed by atoms with van der Waals surface area (Å²) in [6.07, 6.45) is 0.486. The maximum atomic E-state index is 13.8. The first kappa shape index (κ1) is 15.8. The van der Waals surface area contributed by atoms with Crippen molar-refractivity contribution in [1.29, 1.82) is 0 Å². The van der Waals surface area contributed by atoms with E-state index in [1.165, 1.54) is 0 Å². The molecule has 0 aromatic heterocycles. The Balaban J connectivity index is 1.90. The van der Waals surface area contributed by atoms with Gasteiger partial charge in [-0.3, -0.25) is 4.90 Å². The van der Waals surface area contributed by atoms with Crippen LogP contribution in [-0.4, -0.2) is 63.1 Å². The molecule has 1 aromatic carbocycles. The lowest BCUT2D eigenvalue weighted by Gasteiger charge is -2.45. The van der Waals surface area contributed by atoms with Gasteiger partial charge in [0.1, 0.15) is 11.6 Å². The molecule has 2 fully saturated rings. The van der Waals surface area contributed by atoms with E-state index in [0.29, 0.717) is 19.6 Å². The molecule has 2 heterocycles. The molecule has 3 rings (SSSR count). The van der Waals surface area contributed by atoms with E-state index in [9.17, 15) is 17.2 Å². The molecule has 2 unspecified atom stereocenters. The molecule has 0 radical (unpaired) electrons. The smallest absolute Gasteiger partial charge is 0.248 e. The van der Waals surface area contributed by atoms with Gasteiger partial charge in [-0.1, -0.05) is 6.07 Å². The number of hydrogen-bond donors (Lipinski definition) is 0. The minimum absolute atomic E-state index is 0.0318. The van der Waals surface area contributed by atoms with Gasteiger partial charge in [0.15, 0.2) is 4.90 Å². The van der Waals surface area contributed by atoms with Crippen LogP contribution < -0.4 is 0 Å². The topological polar surface area (TPSA) is 49.9 Å². The van der Waals surface area contributed by atoms with Crippen LogP contribution in [0.3, 0.4) is 0 Å². The number of sulfonamides is 1. The van der Waals surface area contributed by atoms with Crippen LogP contribution in [0.5, 0.6) is 0 Å². The van der Waals surface area contributed by atoms with Gasteiger partial charge in [-0.2, -0.15) is 4.31 Å². The van der Waals surface area contributed by atoms with Gasteiger partial charge in [-0.15, -0.1) is 0 Å². The summed E-state index contributed by atoms with van der Waals surface area (Å²) in [5.74, 6) is -2.12. The molecule has 0 spiro atoms. The zero-order valence-corrected chi connectivity index (χ0v) is 13.0. The average molecular weight is 332 g/mol. The molecule has 122 valence electrons. The average Bonchev–Trinajstić information content (AvgIpc) is 2.47. The first-order chi connectivity index (χ1) is 10.4. The van der Waals surface area contributed by atoms with E-state index >= 15 is 0 Å². The van der Waals surface area contributed by atoms with Crippen LogP contribution in [0, 0.1) is 11.6 Å². The molecule has 0 aliphatic carbocycles. The van der Waals surface area contributed by atoms with Crippen LogP contribution in [-0.2, 0) is 14.8 Å². The lowest BCUT2D eigenvalue weighted by atomic mass is 10.0. The van der Waals surface area contributed by atoms with E-state index in [1.807, 2.05) is 11.9 Å². The van der Waals surface area contributed by atoms with Gasteiger partial charge in [0.2, 0.25) is 10.0 Å². The third-order valence-corrected chi connectivity index (χ3v) is 6.26. The second kappa shape index (κ2) is 5.84. The predicted octanol–water partition coefficient (Wildman–Crippen LogP) is 1.06. The highest BCUT2D eigenvalue weighted by Crippen LogP contribution is 2.28. The summed E-state index contributed by atoms with van der Waals surface area (Å²) in [4.78, 5) is 1.17. The van der Waals surface area contributed by atoms with Gasteiger partial charge in [0.05, 0.1) is 12.7 Å². The largest absolute Gasteiger partial charge is 0.375 e. The van der Waals surface area contributed by atoms with Crippen molar-refractivity contribution < 1.29 is 21.9 Å². The van der Waals surface area contributed by atoms with Crippen LogP contribution in [0.2, 0.25) is 0 Å². The molecular formula is C14H18F2N2O3S. The Labute approximate surface area is 128 Å². The number of morpholine rings is 1. The monoisotopic (exact) mass is 332 g/mol. The SMILES string of the molecule is CN1CCOC2CCN(S(=O)(=O)c3c(F)cccc3F)CC21. The summed E-state index contributed by atoms with van der Waals surface area (Å²) < 4.78 is 59.7. The Morgan fingerprint density at radius 1 is 1.23 bits per heavy atom. The number of halogens is 2. The van der Waals surface area contributed by atoms with Gasteiger partial charge >= 0.3 is 0 Å².